The molecular formula is C9H9FN2O. The first-order valence-electron chi connectivity index (χ1n) is 3.66. The molecule has 68 valence electrons. The molecule has 1 aromatic carbocycles. The molecule has 0 fully saturated rings. The van der Waals surface area contributed by atoms with Crippen LogP contribution >= 0.6 is 0 Å². The molecule has 0 aromatic heterocycles. The van der Waals surface area contributed by atoms with Crippen molar-refractivity contribution in [1.82, 2.24) is 5.43 Å². The number of amides is 1. The minimum atomic E-state index is -0.343. The summed E-state index contributed by atoms with van der Waals surface area (Å²) >= 11 is 0. The summed E-state index contributed by atoms with van der Waals surface area (Å²) in [6.45, 7) is 3.27. The highest BCUT2D eigenvalue weighted by Crippen LogP contribution is 2.06. The van der Waals surface area contributed by atoms with Gasteiger partial charge in [-0.2, -0.15) is 0 Å². The minimum Gasteiger partial charge on any atom is -0.298 e. The van der Waals surface area contributed by atoms with Gasteiger partial charge in [0.15, 0.2) is 0 Å². The summed E-state index contributed by atoms with van der Waals surface area (Å²) in [5.74, 6) is -0.662. The zero-order chi connectivity index (χ0) is 9.68. The van der Waals surface area contributed by atoms with Crippen LogP contribution in [0.15, 0.2) is 36.9 Å². The lowest BCUT2D eigenvalue weighted by molar-refractivity contribution is -0.116. The maximum Gasteiger partial charge on any atom is 0.261 e. The van der Waals surface area contributed by atoms with Crippen molar-refractivity contribution in [3.05, 3.63) is 42.7 Å². The fourth-order valence-electron chi connectivity index (χ4n) is 0.718. The van der Waals surface area contributed by atoms with Gasteiger partial charge in [-0.3, -0.25) is 15.6 Å². The van der Waals surface area contributed by atoms with Crippen LogP contribution in [0.25, 0.3) is 0 Å². The quantitative estimate of drug-likeness (QED) is 0.546. The Kier molecular flexibility index (Phi) is 3.03. The topological polar surface area (TPSA) is 41.1 Å². The normalized spacial score (nSPS) is 9.00. The van der Waals surface area contributed by atoms with E-state index in [0.29, 0.717) is 5.69 Å². The summed E-state index contributed by atoms with van der Waals surface area (Å²) in [7, 11) is 0. The second-order valence-corrected chi connectivity index (χ2v) is 2.33. The second kappa shape index (κ2) is 4.25. The fraction of sp³-hybridized carbons (Fsp3) is 0. The van der Waals surface area contributed by atoms with Crippen molar-refractivity contribution in [3.63, 3.8) is 0 Å². The van der Waals surface area contributed by atoms with Gasteiger partial charge in [-0.1, -0.05) is 6.58 Å². The average molecular weight is 180 g/mol. The van der Waals surface area contributed by atoms with Crippen LogP contribution in [0.5, 0.6) is 0 Å². The van der Waals surface area contributed by atoms with Gasteiger partial charge >= 0.3 is 0 Å². The van der Waals surface area contributed by atoms with Gasteiger partial charge in [0.2, 0.25) is 0 Å². The largest absolute Gasteiger partial charge is 0.298 e. The highest BCUT2D eigenvalue weighted by Gasteiger charge is 1.93. The number of nitrogens with one attached hydrogen (secondary N) is 2. The lowest BCUT2D eigenvalue weighted by Gasteiger charge is -2.05. The molecule has 0 radical (unpaired) electrons. The van der Waals surface area contributed by atoms with Gasteiger partial charge in [-0.25, -0.2) is 4.39 Å². The van der Waals surface area contributed by atoms with Gasteiger partial charge in [-0.15, -0.1) is 0 Å². The van der Waals surface area contributed by atoms with Crippen molar-refractivity contribution in [1.29, 1.82) is 0 Å². The molecule has 2 N–H and O–H groups in total. The van der Waals surface area contributed by atoms with Crippen molar-refractivity contribution >= 4 is 11.6 Å². The Morgan fingerprint density at radius 1 is 1.38 bits per heavy atom. The van der Waals surface area contributed by atoms with E-state index in [1.165, 1.54) is 24.3 Å². The fourth-order valence-corrected chi connectivity index (χ4v) is 0.718. The van der Waals surface area contributed by atoms with Crippen molar-refractivity contribution in [2.75, 3.05) is 5.43 Å². The Morgan fingerprint density at radius 3 is 2.54 bits per heavy atom. The zero-order valence-corrected chi connectivity index (χ0v) is 6.88. The van der Waals surface area contributed by atoms with E-state index in [1.54, 1.807) is 0 Å². The van der Waals surface area contributed by atoms with E-state index in [0.717, 1.165) is 6.08 Å². The first kappa shape index (κ1) is 9.25. The van der Waals surface area contributed by atoms with Crippen molar-refractivity contribution < 1.29 is 9.18 Å². The number of benzene rings is 1. The average Bonchev–Trinajstić information content (AvgIpc) is 2.16. The van der Waals surface area contributed by atoms with E-state index < -0.39 is 0 Å². The summed E-state index contributed by atoms with van der Waals surface area (Å²) in [4.78, 5) is 10.7. The molecule has 0 aliphatic rings. The number of hydrogen-bond donors (Lipinski definition) is 2. The van der Waals surface area contributed by atoms with E-state index in [4.69, 9.17) is 0 Å². The van der Waals surface area contributed by atoms with Crippen molar-refractivity contribution in [2.45, 2.75) is 0 Å². The Hall–Kier alpha value is -1.84. The lowest BCUT2D eigenvalue weighted by Crippen LogP contribution is -2.27. The molecule has 1 aromatic rings. The lowest BCUT2D eigenvalue weighted by atomic mass is 10.3. The molecule has 0 spiro atoms. The molecule has 0 unspecified atom stereocenters. The molecular weight excluding hydrogens is 171 g/mol. The van der Waals surface area contributed by atoms with Crippen molar-refractivity contribution in [2.24, 2.45) is 0 Å². The van der Waals surface area contributed by atoms with Crippen LogP contribution in [0.1, 0.15) is 0 Å². The monoisotopic (exact) mass is 180 g/mol. The van der Waals surface area contributed by atoms with Crippen LogP contribution in [0.2, 0.25) is 0 Å². The molecule has 3 nitrogen and oxygen atoms in total. The summed E-state index contributed by atoms with van der Waals surface area (Å²) < 4.78 is 12.4. The molecule has 0 bridgehead atoms. The smallest absolute Gasteiger partial charge is 0.261 e. The van der Waals surface area contributed by atoms with Gasteiger partial charge in [0.1, 0.15) is 5.82 Å². The van der Waals surface area contributed by atoms with E-state index in [-0.39, 0.29) is 11.7 Å². The van der Waals surface area contributed by atoms with Crippen LogP contribution in [0.4, 0.5) is 10.1 Å². The highest BCUT2D eigenvalue weighted by atomic mass is 19.1. The van der Waals surface area contributed by atoms with Gasteiger partial charge < -0.3 is 0 Å². The summed E-state index contributed by atoms with van der Waals surface area (Å²) in [6, 6.07) is 5.61. The SMILES string of the molecule is C=CC(=O)NNc1ccc(F)cc1. The molecule has 1 amide bonds. The van der Waals surface area contributed by atoms with Gasteiger partial charge in [-0.05, 0) is 30.3 Å². The number of rotatable bonds is 3. The molecule has 0 heterocycles. The summed E-state index contributed by atoms with van der Waals surface area (Å²) in [5.41, 5.74) is 5.53. The third kappa shape index (κ3) is 2.94. The number of carbonyl (C=O) groups excluding carboxylic acids is 1. The van der Waals surface area contributed by atoms with Crippen LogP contribution in [-0.2, 0) is 4.79 Å². The summed E-state index contributed by atoms with van der Waals surface area (Å²) in [5, 5.41) is 0. The first-order valence-corrected chi connectivity index (χ1v) is 3.66. The van der Waals surface area contributed by atoms with Gasteiger partial charge in [0.25, 0.3) is 5.91 Å². The predicted molar refractivity (Wildman–Crippen MR) is 48.4 cm³/mol. The number of hydrazine groups is 1. The molecule has 0 aliphatic carbocycles. The standard InChI is InChI=1S/C9H9FN2O/c1-2-9(13)12-11-8-5-3-7(10)4-6-8/h2-6,11H,1H2,(H,12,13). The first-order chi connectivity index (χ1) is 6.22. The minimum absolute atomic E-state index is 0.319. The Labute approximate surface area is 75.2 Å². The number of anilines is 1. The molecule has 4 heteroatoms. The Morgan fingerprint density at radius 2 is 2.00 bits per heavy atom. The number of hydrogen-bond acceptors (Lipinski definition) is 2. The summed E-state index contributed by atoms with van der Waals surface area (Å²) in [6.07, 6.45) is 1.14. The third-order valence-corrected chi connectivity index (χ3v) is 1.36. The molecule has 1 rings (SSSR count). The van der Waals surface area contributed by atoms with Gasteiger partial charge in [0.05, 0.1) is 5.69 Å². The van der Waals surface area contributed by atoms with Gasteiger partial charge in [0, 0.05) is 0 Å². The molecule has 0 saturated carbocycles. The van der Waals surface area contributed by atoms with Crippen LogP contribution < -0.4 is 10.9 Å². The zero-order valence-electron chi connectivity index (χ0n) is 6.88. The van der Waals surface area contributed by atoms with E-state index in [9.17, 15) is 9.18 Å². The maximum absolute atomic E-state index is 12.4. The molecule has 0 saturated heterocycles. The van der Waals surface area contributed by atoms with Crippen LogP contribution in [0, 0.1) is 5.82 Å². The van der Waals surface area contributed by atoms with Crippen LogP contribution in [0.3, 0.4) is 0 Å². The number of carbonyl (C=O) groups is 1. The third-order valence-electron chi connectivity index (χ3n) is 1.36. The molecule has 13 heavy (non-hydrogen) atoms. The molecule has 0 aliphatic heterocycles. The Bertz CT molecular complexity index is 308. The predicted octanol–water partition coefficient (Wildman–Crippen LogP) is 1.45. The highest BCUT2D eigenvalue weighted by molar-refractivity contribution is 5.87. The second-order valence-electron chi connectivity index (χ2n) is 2.33. The van der Waals surface area contributed by atoms with E-state index >= 15 is 0 Å². The van der Waals surface area contributed by atoms with E-state index in [1.807, 2.05) is 0 Å². The van der Waals surface area contributed by atoms with Crippen molar-refractivity contribution in [3.8, 4) is 0 Å². The van der Waals surface area contributed by atoms with E-state index in [2.05, 4.69) is 17.4 Å². The van der Waals surface area contributed by atoms with Crippen LogP contribution in [-0.4, -0.2) is 5.91 Å². The number of halogens is 1. The Balaban J connectivity index is 2.50. The molecule has 0 atom stereocenters. The maximum atomic E-state index is 12.4.